The summed E-state index contributed by atoms with van der Waals surface area (Å²) < 4.78 is 26.3. The number of carbonyl (C=O) groups is 1. The zero-order valence-electron chi connectivity index (χ0n) is 16.6. The van der Waals surface area contributed by atoms with E-state index < -0.39 is 10.0 Å². The van der Waals surface area contributed by atoms with Crippen molar-refractivity contribution in [3.8, 4) is 0 Å². The second-order valence-electron chi connectivity index (χ2n) is 7.35. The average Bonchev–Trinajstić information content (AvgIpc) is 3.16. The van der Waals surface area contributed by atoms with Crippen molar-refractivity contribution in [2.24, 2.45) is 0 Å². The molecule has 0 bridgehead atoms. The lowest BCUT2D eigenvalue weighted by molar-refractivity contribution is -0.121. The van der Waals surface area contributed by atoms with Gasteiger partial charge in [-0.25, -0.2) is 8.42 Å². The van der Waals surface area contributed by atoms with Crippen LogP contribution in [0.15, 0.2) is 59.5 Å². The summed E-state index contributed by atoms with van der Waals surface area (Å²) in [5.74, 6) is -0.302. The van der Waals surface area contributed by atoms with Gasteiger partial charge in [0.25, 0.3) is 0 Å². The highest BCUT2D eigenvalue weighted by atomic mass is 35.5. The number of hydrogen-bond acceptors (Lipinski definition) is 4. The molecule has 29 heavy (non-hydrogen) atoms. The summed E-state index contributed by atoms with van der Waals surface area (Å²) >= 11 is 5.82. The Bertz CT molecular complexity index is 935. The summed E-state index contributed by atoms with van der Waals surface area (Å²) in [4.78, 5) is 14.9. The number of likely N-dealkylation sites (tertiary alicyclic amines) is 1. The second-order valence-corrected chi connectivity index (χ2v) is 9.83. The van der Waals surface area contributed by atoms with Gasteiger partial charge in [-0.15, -0.1) is 0 Å². The number of halogens is 1. The molecule has 2 atom stereocenters. The minimum atomic E-state index is -3.74. The number of likely N-dealkylation sites (N-methyl/N-ethyl adjacent to an activating group) is 1. The fourth-order valence-electron chi connectivity index (χ4n) is 3.55. The molecule has 8 heteroatoms. The van der Waals surface area contributed by atoms with Crippen molar-refractivity contribution in [3.05, 3.63) is 65.2 Å². The van der Waals surface area contributed by atoms with Gasteiger partial charge in [-0.2, -0.15) is 4.31 Å². The molecule has 6 nitrogen and oxygen atoms in total. The number of sulfonamides is 1. The Morgan fingerprint density at radius 3 is 2.52 bits per heavy atom. The molecule has 1 aliphatic rings. The molecular weight excluding hydrogens is 410 g/mol. The molecule has 0 radical (unpaired) electrons. The Morgan fingerprint density at radius 2 is 1.86 bits per heavy atom. The van der Waals surface area contributed by atoms with Gasteiger partial charge in [0.2, 0.25) is 15.9 Å². The van der Waals surface area contributed by atoms with Gasteiger partial charge < -0.3 is 5.32 Å². The van der Waals surface area contributed by atoms with Gasteiger partial charge in [0.15, 0.2) is 0 Å². The van der Waals surface area contributed by atoms with Crippen molar-refractivity contribution in [2.45, 2.75) is 30.3 Å². The predicted molar refractivity (Wildman–Crippen MR) is 114 cm³/mol. The maximum Gasteiger partial charge on any atom is 0.243 e. The monoisotopic (exact) mass is 435 g/mol. The van der Waals surface area contributed by atoms with E-state index in [0.717, 1.165) is 23.8 Å². The molecule has 0 spiro atoms. The van der Waals surface area contributed by atoms with E-state index in [4.69, 9.17) is 11.6 Å². The number of rotatable bonds is 7. The molecule has 2 aromatic rings. The minimum absolute atomic E-state index is 0.0142. The fourth-order valence-corrected chi connectivity index (χ4v) is 4.80. The number of amides is 1. The average molecular weight is 436 g/mol. The highest BCUT2D eigenvalue weighted by Crippen LogP contribution is 2.24. The van der Waals surface area contributed by atoms with Crippen LogP contribution >= 0.6 is 11.6 Å². The van der Waals surface area contributed by atoms with E-state index >= 15 is 0 Å². The summed E-state index contributed by atoms with van der Waals surface area (Å²) in [6.45, 7) is 3.57. The highest BCUT2D eigenvalue weighted by Gasteiger charge is 2.29. The number of nitrogens with one attached hydrogen (secondary N) is 1. The molecule has 3 rings (SSSR count). The van der Waals surface area contributed by atoms with E-state index in [-0.39, 0.29) is 29.4 Å². The van der Waals surface area contributed by atoms with Crippen LogP contribution < -0.4 is 5.32 Å². The summed E-state index contributed by atoms with van der Waals surface area (Å²) in [5, 5.41) is 3.43. The van der Waals surface area contributed by atoms with Crippen LogP contribution in [-0.4, -0.2) is 56.3 Å². The zero-order valence-corrected chi connectivity index (χ0v) is 18.2. The lowest BCUT2D eigenvalue weighted by Gasteiger charge is -2.25. The van der Waals surface area contributed by atoms with Crippen LogP contribution in [0.2, 0.25) is 5.02 Å². The standard InChI is InChI=1S/C21H26ClN3O3S/c1-16(17-6-4-3-5-7-17)25-13-12-19(14-25)23-21(26)15-24(2)29(27,28)20-10-8-18(22)9-11-20/h3-11,16,19H,12-15H2,1-2H3,(H,23,26). The van der Waals surface area contributed by atoms with Crippen molar-refractivity contribution in [3.63, 3.8) is 0 Å². The maximum atomic E-state index is 12.6. The molecule has 1 fully saturated rings. The van der Waals surface area contributed by atoms with E-state index in [1.807, 2.05) is 18.2 Å². The molecule has 156 valence electrons. The molecule has 0 aromatic heterocycles. The first kappa shape index (κ1) is 21.8. The minimum Gasteiger partial charge on any atom is -0.351 e. The van der Waals surface area contributed by atoms with Crippen LogP contribution in [0, 0.1) is 0 Å². The fraction of sp³-hybridized carbons (Fsp3) is 0.381. The number of nitrogens with zero attached hydrogens (tertiary/aromatic N) is 2. The molecule has 1 amide bonds. The van der Waals surface area contributed by atoms with Gasteiger partial charge in [-0.1, -0.05) is 41.9 Å². The van der Waals surface area contributed by atoms with Crippen molar-refractivity contribution in [2.75, 3.05) is 26.7 Å². The first-order valence-corrected chi connectivity index (χ1v) is 11.4. The largest absolute Gasteiger partial charge is 0.351 e. The molecule has 1 saturated heterocycles. The van der Waals surface area contributed by atoms with Crippen LogP contribution in [0.5, 0.6) is 0 Å². The van der Waals surface area contributed by atoms with E-state index in [0.29, 0.717) is 5.02 Å². The van der Waals surface area contributed by atoms with E-state index in [9.17, 15) is 13.2 Å². The number of benzene rings is 2. The topological polar surface area (TPSA) is 69.7 Å². The SMILES string of the molecule is CC(c1ccccc1)N1CCC(NC(=O)CN(C)S(=O)(=O)c2ccc(Cl)cc2)C1. The summed E-state index contributed by atoms with van der Waals surface area (Å²) in [7, 11) is -2.34. The third-order valence-corrected chi connectivity index (χ3v) is 7.37. The lowest BCUT2D eigenvalue weighted by Crippen LogP contribution is -2.43. The summed E-state index contributed by atoms with van der Waals surface area (Å²) in [6, 6.07) is 16.4. The van der Waals surface area contributed by atoms with Gasteiger partial charge in [0.1, 0.15) is 0 Å². The molecule has 0 saturated carbocycles. The highest BCUT2D eigenvalue weighted by molar-refractivity contribution is 7.89. The Hall–Kier alpha value is -1.93. The van der Waals surface area contributed by atoms with Gasteiger partial charge in [0, 0.05) is 37.2 Å². The number of carbonyl (C=O) groups excluding carboxylic acids is 1. The Balaban J connectivity index is 1.54. The molecule has 2 unspecified atom stereocenters. The normalized spacial score (nSPS) is 18.7. The van der Waals surface area contributed by atoms with Crippen LogP contribution in [0.1, 0.15) is 24.9 Å². The van der Waals surface area contributed by atoms with Crippen molar-refractivity contribution >= 4 is 27.5 Å². The van der Waals surface area contributed by atoms with Gasteiger partial charge in [-0.3, -0.25) is 9.69 Å². The maximum absolute atomic E-state index is 12.6. The molecule has 0 aliphatic carbocycles. The first-order valence-electron chi connectivity index (χ1n) is 9.57. The Kier molecular flexibility index (Phi) is 6.95. The molecule has 2 aromatic carbocycles. The number of hydrogen-bond donors (Lipinski definition) is 1. The lowest BCUT2D eigenvalue weighted by atomic mass is 10.1. The summed E-state index contributed by atoms with van der Waals surface area (Å²) in [5.41, 5.74) is 1.24. The third-order valence-electron chi connectivity index (χ3n) is 5.30. The molecule has 1 aliphatic heterocycles. The quantitative estimate of drug-likeness (QED) is 0.726. The van der Waals surface area contributed by atoms with E-state index in [1.54, 1.807) is 0 Å². The smallest absolute Gasteiger partial charge is 0.243 e. The summed E-state index contributed by atoms with van der Waals surface area (Å²) in [6.07, 6.45) is 0.844. The predicted octanol–water partition coefficient (Wildman–Crippen LogP) is 2.91. The first-order chi connectivity index (χ1) is 13.8. The van der Waals surface area contributed by atoms with Crippen LogP contribution in [0.25, 0.3) is 0 Å². The van der Waals surface area contributed by atoms with Crippen LogP contribution in [-0.2, 0) is 14.8 Å². The van der Waals surface area contributed by atoms with Crippen molar-refractivity contribution in [1.82, 2.24) is 14.5 Å². The van der Waals surface area contributed by atoms with E-state index in [2.05, 4.69) is 29.3 Å². The molecular formula is C21H26ClN3O3S. The van der Waals surface area contributed by atoms with Crippen molar-refractivity contribution < 1.29 is 13.2 Å². The third kappa shape index (κ3) is 5.36. The Morgan fingerprint density at radius 1 is 1.21 bits per heavy atom. The van der Waals surface area contributed by atoms with Crippen molar-refractivity contribution in [1.29, 1.82) is 0 Å². The molecule has 1 heterocycles. The van der Waals surface area contributed by atoms with Crippen LogP contribution in [0.4, 0.5) is 0 Å². The molecule has 1 N–H and O–H groups in total. The van der Waals surface area contributed by atoms with Crippen LogP contribution in [0.3, 0.4) is 0 Å². The van der Waals surface area contributed by atoms with E-state index in [1.165, 1.54) is 36.9 Å². The second kappa shape index (κ2) is 9.26. The van der Waals surface area contributed by atoms with Gasteiger partial charge >= 0.3 is 0 Å². The van der Waals surface area contributed by atoms with Gasteiger partial charge in [-0.05, 0) is 43.2 Å². The van der Waals surface area contributed by atoms with Gasteiger partial charge in [0.05, 0.1) is 11.4 Å². The Labute approximate surface area is 177 Å². The zero-order chi connectivity index (χ0) is 21.0.